The number of methoxy groups -OCH3 is 1. The fourth-order valence-corrected chi connectivity index (χ4v) is 6.71. The standard InChI is InChI=1S/C33H42N4O5/c1-35-14-15-37(24(21-35)16-22-8-9-22)32(40)30(38)27-20-34-28-18-29(42-2)26(17-25(27)28)31(39)36-12-10-33(41,11-13-36)19-23-6-4-3-5-7-23/h3-7,17-18,20,22,24,30,34,38,41H,8-16,19,21H2,1-2H3. The minimum absolute atomic E-state index is 0.0977. The minimum Gasteiger partial charge on any atom is -0.496 e. The number of carbonyl (C=O) groups excluding carboxylic acids is 2. The van der Waals surface area contributed by atoms with E-state index in [9.17, 15) is 19.8 Å². The topological polar surface area (TPSA) is 109 Å². The Labute approximate surface area is 247 Å². The second-order valence-corrected chi connectivity index (χ2v) is 12.6. The Morgan fingerprint density at radius 2 is 1.83 bits per heavy atom. The van der Waals surface area contributed by atoms with E-state index >= 15 is 0 Å². The van der Waals surface area contributed by atoms with Crippen LogP contribution in [0.25, 0.3) is 10.9 Å². The van der Waals surface area contributed by atoms with E-state index in [1.54, 1.807) is 23.2 Å². The molecular formula is C33H42N4O5. The summed E-state index contributed by atoms with van der Waals surface area (Å²) >= 11 is 0. The molecular weight excluding hydrogens is 532 g/mol. The zero-order valence-electron chi connectivity index (χ0n) is 24.6. The molecule has 3 aliphatic rings. The largest absolute Gasteiger partial charge is 0.496 e. The minimum atomic E-state index is -1.33. The molecule has 9 heteroatoms. The van der Waals surface area contributed by atoms with Crippen LogP contribution in [0, 0.1) is 5.92 Å². The maximum absolute atomic E-state index is 13.8. The molecule has 2 amide bonds. The van der Waals surface area contributed by atoms with Crippen LogP contribution < -0.4 is 4.74 Å². The lowest BCUT2D eigenvalue weighted by atomic mass is 9.85. The molecule has 2 aromatic carbocycles. The van der Waals surface area contributed by atoms with Gasteiger partial charge in [0.2, 0.25) is 0 Å². The van der Waals surface area contributed by atoms with Gasteiger partial charge in [0.25, 0.3) is 11.8 Å². The van der Waals surface area contributed by atoms with Crippen molar-refractivity contribution in [2.24, 2.45) is 5.92 Å². The summed E-state index contributed by atoms with van der Waals surface area (Å²) in [4.78, 5) is 36.5. The lowest BCUT2D eigenvalue weighted by Gasteiger charge is -2.41. The number of hydrogen-bond donors (Lipinski definition) is 3. The number of carbonyl (C=O) groups is 2. The number of aliphatic hydroxyl groups excluding tert-OH is 1. The van der Waals surface area contributed by atoms with Gasteiger partial charge < -0.3 is 34.6 Å². The van der Waals surface area contributed by atoms with Crippen LogP contribution in [0.3, 0.4) is 0 Å². The Hall–Kier alpha value is -3.40. The van der Waals surface area contributed by atoms with E-state index in [1.165, 1.54) is 20.0 Å². The first-order valence-electron chi connectivity index (χ1n) is 15.2. The second kappa shape index (κ2) is 11.7. The van der Waals surface area contributed by atoms with Crippen molar-refractivity contribution in [3.63, 3.8) is 0 Å². The molecule has 3 fully saturated rings. The molecule has 1 aromatic heterocycles. The van der Waals surface area contributed by atoms with Gasteiger partial charge >= 0.3 is 0 Å². The molecule has 3 heterocycles. The number of rotatable bonds is 8. The predicted molar refractivity (Wildman–Crippen MR) is 160 cm³/mol. The molecule has 2 atom stereocenters. The summed E-state index contributed by atoms with van der Waals surface area (Å²) in [6, 6.07) is 13.5. The summed E-state index contributed by atoms with van der Waals surface area (Å²) in [7, 11) is 3.61. The molecule has 224 valence electrons. The molecule has 0 spiro atoms. The van der Waals surface area contributed by atoms with Gasteiger partial charge in [0.05, 0.1) is 18.3 Å². The normalized spacial score (nSPS) is 21.9. The highest BCUT2D eigenvalue weighted by atomic mass is 16.5. The number of nitrogens with one attached hydrogen (secondary N) is 1. The summed E-state index contributed by atoms with van der Waals surface area (Å²) in [6.45, 7) is 3.04. The van der Waals surface area contributed by atoms with E-state index in [0.717, 1.165) is 25.1 Å². The van der Waals surface area contributed by atoms with Crippen molar-refractivity contribution in [1.82, 2.24) is 19.7 Å². The van der Waals surface area contributed by atoms with Crippen LogP contribution in [-0.4, -0.2) is 100 Å². The van der Waals surface area contributed by atoms with Crippen molar-refractivity contribution in [1.29, 1.82) is 0 Å². The van der Waals surface area contributed by atoms with E-state index in [4.69, 9.17) is 4.74 Å². The number of nitrogens with zero attached hydrogens (tertiary/aromatic N) is 3. The van der Waals surface area contributed by atoms with Crippen LogP contribution in [0.5, 0.6) is 5.75 Å². The van der Waals surface area contributed by atoms with E-state index in [-0.39, 0.29) is 17.9 Å². The third kappa shape index (κ3) is 5.91. The van der Waals surface area contributed by atoms with Gasteiger partial charge in [0.15, 0.2) is 6.10 Å². The van der Waals surface area contributed by atoms with Crippen molar-refractivity contribution in [3.8, 4) is 5.75 Å². The van der Waals surface area contributed by atoms with Crippen molar-refractivity contribution in [3.05, 3.63) is 65.4 Å². The van der Waals surface area contributed by atoms with Crippen LogP contribution in [0.4, 0.5) is 0 Å². The number of piperidine rings is 1. The molecule has 6 rings (SSSR count). The molecule has 2 aliphatic heterocycles. The fourth-order valence-electron chi connectivity index (χ4n) is 6.71. The third-order valence-electron chi connectivity index (χ3n) is 9.42. The van der Waals surface area contributed by atoms with E-state index in [2.05, 4.69) is 16.9 Å². The smallest absolute Gasteiger partial charge is 0.257 e. The number of aliphatic hydroxyl groups is 2. The average molecular weight is 575 g/mol. The Kier molecular flexibility index (Phi) is 8.00. The molecule has 2 unspecified atom stereocenters. The number of likely N-dealkylation sites (N-methyl/N-ethyl adjacent to an activating group) is 1. The first kappa shape index (κ1) is 28.7. The number of H-pyrrole nitrogens is 1. The number of aromatic amines is 1. The maximum Gasteiger partial charge on any atom is 0.257 e. The molecule has 2 saturated heterocycles. The first-order valence-corrected chi connectivity index (χ1v) is 15.2. The summed E-state index contributed by atoms with van der Waals surface area (Å²) in [5, 5.41) is 23.2. The van der Waals surface area contributed by atoms with Crippen LogP contribution in [-0.2, 0) is 11.2 Å². The summed E-state index contributed by atoms with van der Waals surface area (Å²) < 4.78 is 5.61. The average Bonchev–Trinajstić information content (AvgIpc) is 3.71. The molecule has 42 heavy (non-hydrogen) atoms. The van der Waals surface area contributed by atoms with Crippen LogP contribution in [0.15, 0.2) is 48.7 Å². The van der Waals surface area contributed by atoms with Crippen molar-refractivity contribution in [2.45, 2.75) is 56.3 Å². The monoisotopic (exact) mass is 574 g/mol. The number of hydrogen-bond acceptors (Lipinski definition) is 6. The SMILES string of the molecule is COc1cc2[nH]cc(C(O)C(=O)N3CCN(C)CC3CC3CC3)c2cc1C(=O)N1CCC(O)(Cc2ccccc2)CC1. The fraction of sp³-hybridized carbons (Fsp3) is 0.515. The maximum atomic E-state index is 13.8. The van der Waals surface area contributed by atoms with Crippen molar-refractivity contribution < 1.29 is 24.5 Å². The summed E-state index contributed by atoms with van der Waals surface area (Å²) in [5.41, 5.74) is 1.76. The van der Waals surface area contributed by atoms with Gasteiger partial charge in [-0.15, -0.1) is 0 Å². The third-order valence-corrected chi connectivity index (χ3v) is 9.42. The quantitative estimate of drug-likeness (QED) is 0.381. The molecule has 9 nitrogen and oxygen atoms in total. The van der Waals surface area contributed by atoms with Gasteiger partial charge in [-0.05, 0) is 43.9 Å². The lowest BCUT2D eigenvalue weighted by molar-refractivity contribution is -0.145. The van der Waals surface area contributed by atoms with Gasteiger partial charge in [-0.25, -0.2) is 0 Å². The number of benzene rings is 2. The Bertz CT molecular complexity index is 1420. The van der Waals surface area contributed by atoms with Crippen molar-refractivity contribution in [2.75, 3.05) is 46.9 Å². The Morgan fingerprint density at radius 3 is 2.52 bits per heavy atom. The van der Waals surface area contributed by atoms with Gasteiger partial charge in [-0.2, -0.15) is 0 Å². The molecule has 3 N–H and O–H groups in total. The van der Waals surface area contributed by atoms with Gasteiger partial charge in [0, 0.05) is 73.9 Å². The molecule has 0 radical (unpaired) electrons. The van der Waals surface area contributed by atoms with Crippen LogP contribution in [0.2, 0.25) is 0 Å². The number of aromatic nitrogens is 1. The number of piperazine rings is 1. The highest BCUT2D eigenvalue weighted by Gasteiger charge is 2.38. The van der Waals surface area contributed by atoms with Crippen LogP contribution in [0.1, 0.15) is 59.7 Å². The molecule has 1 saturated carbocycles. The van der Waals surface area contributed by atoms with Crippen LogP contribution >= 0.6 is 0 Å². The van der Waals surface area contributed by atoms with Gasteiger partial charge in [0.1, 0.15) is 5.75 Å². The Morgan fingerprint density at radius 1 is 1.10 bits per heavy atom. The molecule has 1 aliphatic carbocycles. The van der Waals surface area contributed by atoms with Gasteiger partial charge in [-0.1, -0.05) is 43.2 Å². The van der Waals surface area contributed by atoms with E-state index in [1.807, 2.05) is 35.2 Å². The highest BCUT2D eigenvalue weighted by Crippen LogP contribution is 2.37. The van der Waals surface area contributed by atoms with E-state index in [0.29, 0.717) is 72.6 Å². The highest BCUT2D eigenvalue weighted by molar-refractivity contribution is 6.02. The number of fused-ring (bicyclic) bond motifs is 1. The van der Waals surface area contributed by atoms with E-state index < -0.39 is 11.7 Å². The zero-order valence-corrected chi connectivity index (χ0v) is 24.6. The summed E-state index contributed by atoms with van der Waals surface area (Å²) in [5.74, 6) is 0.627. The Balaban J connectivity index is 1.20. The number of amides is 2. The van der Waals surface area contributed by atoms with Gasteiger partial charge in [-0.3, -0.25) is 9.59 Å². The van der Waals surface area contributed by atoms with Crippen molar-refractivity contribution >= 4 is 22.7 Å². The lowest BCUT2D eigenvalue weighted by Crippen LogP contribution is -2.55. The predicted octanol–water partition coefficient (Wildman–Crippen LogP) is 3.36. The molecule has 0 bridgehead atoms. The first-order chi connectivity index (χ1) is 20.2. The number of likely N-dealkylation sites (tertiary alicyclic amines) is 1. The summed E-state index contributed by atoms with van der Waals surface area (Å²) in [6.07, 6.45) is 5.26. The number of ether oxygens (including phenoxy) is 1. The second-order valence-electron chi connectivity index (χ2n) is 12.6. The molecule has 3 aromatic rings. The zero-order chi connectivity index (χ0) is 29.4.